The second-order valence-electron chi connectivity index (χ2n) is 4.05. The first kappa shape index (κ1) is 13.4. The first-order chi connectivity index (χ1) is 7.47. The minimum atomic E-state index is -3.58. The largest absolute Gasteiger partial charge is 0.335 e. The first-order valence-electron chi connectivity index (χ1n) is 5.53. The second kappa shape index (κ2) is 5.62. The van der Waals surface area contributed by atoms with Crippen molar-refractivity contribution in [2.75, 3.05) is 0 Å². The van der Waals surface area contributed by atoms with Crippen molar-refractivity contribution in [2.45, 2.75) is 39.0 Å². The van der Waals surface area contributed by atoms with Gasteiger partial charge in [0.1, 0.15) is 0 Å². The molecule has 16 heavy (non-hydrogen) atoms. The molecule has 1 rings (SSSR count). The van der Waals surface area contributed by atoms with E-state index in [1.54, 1.807) is 13.8 Å². The molecule has 0 radical (unpaired) electrons. The van der Waals surface area contributed by atoms with Gasteiger partial charge in [0.15, 0.2) is 0 Å². The standard InChI is InChI=1S/C12H19O3P/c1-4-12(11-8-6-5-7-9-11)16(13,14)15-10(2)3/h5-10,12H,4H2,1-3H3,(H,13,14). The van der Waals surface area contributed by atoms with Crippen LogP contribution >= 0.6 is 7.60 Å². The van der Waals surface area contributed by atoms with Crippen molar-refractivity contribution in [3.63, 3.8) is 0 Å². The van der Waals surface area contributed by atoms with Crippen LogP contribution in [0.5, 0.6) is 0 Å². The first-order valence-corrected chi connectivity index (χ1v) is 7.18. The van der Waals surface area contributed by atoms with Crippen LogP contribution in [0.2, 0.25) is 0 Å². The zero-order valence-corrected chi connectivity index (χ0v) is 10.9. The van der Waals surface area contributed by atoms with Gasteiger partial charge in [0.25, 0.3) is 0 Å². The van der Waals surface area contributed by atoms with Crippen molar-refractivity contribution < 1.29 is 14.0 Å². The summed E-state index contributed by atoms with van der Waals surface area (Å²) in [5, 5.41) is 0. The molecule has 4 heteroatoms. The molecule has 1 aromatic carbocycles. The van der Waals surface area contributed by atoms with Gasteiger partial charge in [-0.05, 0) is 25.8 Å². The number of hydrogen-bond donors (Lipinski definition) is 1. The third kappa shape index (κ3) is 3.44. The smallest absolute Gasteiger partial charge is 0.324 e. The Labute approximate surface area is 97.0 Å². The van der Waals surface area contributed by atoms with Crippen molar-refractivity contribution >= 4 is 7.60 Å². The van der Waals surface area contributed by atoms with Gasteiger partial charge in [-0.1, -0.05) is 37.3 Å². The van der Waals surface area contributed by atoms with E-state index in [2.05, 4.69) is 0 Å². The number of hydrogen-bond acceptors (Lipinski definition) is 2. The highest BCUT2D eigenvalue weighted by atomic mass is 31.2. The zero-order chi connectivity index (χ0) is 12.2. The maximum Gasteiger partial charge on any atom is 0.335 e. The molecule has 0 aliphatic carbocycles. The molecule has 0 aliphatic rings. The Bertz CT molecular complexity index is 362. The fourth-order valence-corrected chi connectivity index (χ4v) is 3.47. The summed E-state index contributed by atoms with van der Waals surface area (Å²) in [4.78, 5) is 9.93. The lowest BCUT2D eigenvalue weighted by atomic mass is 10.1. The Balaban J connectivity index is 2.94. The predicted octanol–water partition coefficient (Wildman–Crippen LogP) is 3.75. The van der Waals surface area contributed by atoms with Crippen LogP contribution in [0.15, 0.2) is 30.3 Å². The van der Waals surface area contributed by atoms with Crippen molar-refractivity contribution in [2.24, 2.45) is 0 Å². The van der Waals surface area contributed by atoms with Gasteiger partial charge in [0.05, 0.1) is 11.8 Å². The molecule has 0 saturated carbocycles. The molecule has 0 bridgehead atoms. The summed E-state index contributed by atoms with van der Waals surface area (Å²) in [5.41, 5.74) is 0.424. The van der Waals surface area contributed by atoms with Gasteiger partial charge in [0, 0.05) is 0 Å². The van der Waals surface area contributed by atoms with Gasteiger partial charge in [-0.2, -0.15) is 0 Å². The van der Waals surface area contributed by atoms with Gasteiger partial charge in [0.2, 0.25) is 0 Å². The van der Waals surface area contributed by atoms with Gasteiger partial charge >= 0.3 is 7.60 Å². The highest BCUT2D eigenvalue weighted by molar-refractivity contribution is 7.53. The van der Waals surface area contributed by atoms with Crippen molar-refractivity contribution in [1.82, 2.24) is 0 Å². The third-order valence-electron chi connectivity index (χ3n) is 2.33. The van der Waals surface area contributed by atoms with E-state index in [9.17, 15) is 9.46 Å². The van der Waals surface area contributed by atoms with Gasteiger partial charge in [-0.3, -0.25) is 4.57 Å². The molecule has 90 valence electrons. The fourth-order valence-electron chi connectivity index (χ4n) is 1.71. The number of benzene rings is 1. The molecule has 1 N–H and O–H groups in total. The summed E-state index contributed by atoms with van der Waals surface area (Å²) >= 11 is 0. The Morgan fingerprint density at radius 2 is 1.88 bits per heavy atom. The average Bonchev–Trinajstić information content (AvgIpc) is 2.17. The number of rotatable bonds is 5. The Hall–Kier alpha value is -0.630. The highest BCUT2D eigenvalue weighted by Crippen LogP contribution is 2.58. The molecule has 0 aliphatic heterocycles. The minimum Gasteiger partial charge on any atom is -0.324 e. The SMILES string of the molecule is CCC(c1ccccc1)P(=O)(O)OC(C)C. The molecular formula is C12H19O3P. The van der Waals surface area contributed by atoms with Crippen molar-refractivity contribution in [1.29, 1.82) is 0 Å². The van der Waals surface area contributed by atoms with E-state index in [4.69, 9.17) is 4.52 Å². The second-order valence-corrected chi connectivity index (χ2v) is 6.02. The molecule has 0 saturated heterocycles. The third-order valence-corrected chi connectivity index (χ3v) is 4.50. The van der Waals surface area contributed by atoms with Gasteiger partial charge < -0.3 is 9.42 Å². The maximum absolute atomic E-state index is 12.1. The maximum atomic E-state index is 12.1. The summed E-state index contributed by atoms with van der Waals surface area (Å²) in [6, 6.07) is 9.35. The molecule has 0 amide bonds. The summed E-state index contributed by atoms with van der Waals surface area (Å²) in [6.45, 7) is 5.42. The monoisotopic (exact) mass is 242 g/mol. The lowest BCUT2D eigenvalue weighted by molar-refractivity contribution is 0.197. The summed E-state index contributed by atoms with van der Waals surface area (Å²) in [6.07, 6.45) is 0.346. The van der Waals surface area contributed by atoms with Gasteiger partial charge in [-0.25, -0.2) is 0 Å². The van der Waals surface area contributed by atoms with Crippen LogP contribution in [-0.4, -0.2) is 11.0 Å². The Morgan fingerprint density at radius 3 is 2.31 bits per heavy atom. The Kier molecular flexibility index (Phi) is 4.72. The van der Waals surface area contributed by atoms with Crippen LogP contribution in [0.3, 0.4) is 0 Å². The summed E-state index contributed by atoms with van der Waals surface area (Å²) < 4.78 is 17.2. The van der Waals surface area contributed by atoms with Crippen LogP contribution < -0.4 is 0 Å². The van der Waals surface area contributed by atoms with E-state index < -0.39 is 13.3 Å². The zero-order valence-electron chi connectivity index (χ0n) is 9.96. The van der Waals surface area contributed by atoms with E-state index in [1.807, 2.05) is 37.3 Å². The van der Waals surface area contributed by atoms with E-state index in [0.29, 0.717) is 6.42 Å². The predicted molar refractivity (Wildman–Crippen MR) is 65.5 cm³/mol. The fraction of sp³-hybridized carbons (Fsp3) is 0.500. The summed E-state index contributed by atoms with van der Waals surface area (Å²) in [7, 11) is -3.58. The van der Waals surface area contributed by atoms with E-state index in [1.165, 1.54) is 0 Å². The molecule has 3 nitrogen and oxygen atoms in total. The highest BCUT2D eigenvalue weighted by Gasteiger charge is 2.33. The quantitative estimate of drug-likeness (QED) is 0.800. The Morgan fingerprint density at radius 1 is 1.31 bits per heavy atom. The molecule has 0 spiro atoms. The molecule has 0 fully saturated rings. The molecular weight excluding hydrogens is 223 g/mol. The normalized spacial score (nSPS) is 17.1. The van der Waals surface area contributed by atoms with Crippen LogP contribution in [0.25, 0.3) is 0 Å². The average molecular weight is 242 g/mol. The topological polar surface area (TPSA) is 46.5 Å². The van der Waals surface area contributed by atoms with E-state index >= 15 is 0 Å². The van der Waals surface area contributed by atoms with Crippen LogP contribution in [0.1, 0.15) is 38.4 Å². The summed E-state index contributed by atoms with van der Waals surface area (Å²) in [5.74, 6) is 0. The van der Waals surface area contributed by atoms with Crippen molar-refractivity contribution in [3.8, 4) is 0 Å². The van der Waals surface area contributed by atoms with E-state index in [0.717, 1.165) is 5.56 Å². The lowest BCUT2D eigenvalue weighted by Crippen LogP contribution is -2.07. The molecule has 1 aromatic rings. The van der Waals surface area contributed by atoms with Crippen molar-refractivity contribution in [3.05, 3.63) is 35.9 Å². The molecule has 2 atom stereocenters. The minimum absolute atomic E-state index is 0.242. The lowest BCUT2D eigenvalue weighted by Gasteiger charge is -2.23. The molecule has 2 unspecified atom stereocenters. The van der Waals surface area contributed by atoms with Gasteiger partial charge in [-0.15, -0.1) is 0 Å². The van der Waals surface area contributed by atoms with E-state index in [-0.39, 0.29) is 6.10 Å². The van der Waals surface area contributed by atoms with Crippen LogP contribution in [0, 0.1) is 0 Å². The molecule has 0 heterocycles. The van der Waals surface area contributed by atoms with Crippen LogP contribution in [-0.2, 0) is 9.09 Å². The molecule has 0 aromatic heterocycles. The van der Waals surface area contributed by atoms with Crippen LogP contribution in [0.4, 0.5) is 0 Å².